The molecule has 19 heteroatoms. The summed E-state index contributed by atoms with van der Waals surface area (Å²) < 4.78 is 33.9. The lowest BCUT2D eigenvalue weighted by Crippen LogP contribution is -2.66. The number of ether oxygens (including phenoxy) is 6. The molecule has 3 heterocycles. The van der Waals surface area contributed by atoms with Gasteiger partial charge in [0.2, 0.25) is 5.91 Å². The van der Waals surface area contributed by atoms with Crippen LogP contribution in [0.5, 0.6) is 0 Å². The molecule has 0 aliphatic carbocycles. The average Bonchev–Trinajstić information content (AvgIpc) is 3.29. The van der Waals surface area contributed by atoms with Crippen LogP contribution in [-0.4, -0.2) is 193 Å². The predicted octanol–water partition coefficient (Wildman–Crippen LogP) is 0.0809. The standard InChI is InChI=1S/C45H81NO18/c1-3-5-7-9-11-12-13-14-15-16-17-19-21-23-33(51)46-28(29(50)22-20-18-10-8-6-4-2)27-59-43-39(57)36(54)41(31(25-48)61-43)64-45-40(58)37(55)42(32(26-49)62-45)63-44-38(56)35(53)34(52)30(24-47)60-44/h12-13,20,22,28-32,34-45,47-50,52-58H,3-11,14-19,21,23-27H2,1-2H3,(H,46,51)/b13-12-,22-20+. The average molecular weight is 924 g/mol. The molecule has 374 valence electrons. The minimum atomic E-state index is -1.97. The Bertz CT molecular complexity index is 1290. The van der Waals surface area contributed by atoms with Crippen LogP contribution >= 0.6 is 0 Å². The molecule has 17 atom stereocenters. The second-order valence-corrected chi connectivity index (χ2v) is 17.2. The molecule has 0 spiro atoms. The Morgan fingerprint density at radius 1 is 0.547 bits per heavy atom. The zero-order valence-electron chi connectivity index (χ0n) is 37.8. The molecule has 0 aromatic rings. The first kappa shape index (κ1) is 56.6. The Balaban J connectivity index is 1.57. The normalized spacial score (nSPS) is 34.7. The lowest BCUT2D eigenvalue weighted by Gasteiger charge is -2.48. The first-order chi connectivity index (χ1) is 30.8. The number of aliphatic hydroxyl groups excluding tert-OH is 11. The Kier molecular flexibility index (Phi) is 27.7. The van der Waals surface area contributed by atoms with Gasteiger partial charge >= 0.3 is 0 Å². The molecule has 3 saturated heterocycles. The molecule has 64 heavy (non-hydrogen) atoms. The van der Waals surface area contributed by atoms with Crippen LogP contribution in [0.4, 0.5) is 0 Å². The van der Waals surface area contributed by atoms with Crippen molar-refractivity contribution in [3.05, 3.63) is 24.3 Å². The fourth-order valence-electron chi connectivity index (χ4n) is 7.95. The first-order valence-corrected chi connectivity index (χ1v) is 23.6. The first-order valence-electron chi connectivity index (χ1n) is 23.6. The molecule has 3 rings (SSSR count). The summed E-state index contributed by atoms with van der Waals surface area (Å²) in [6, 6.07) is -0.969. The summed E-state index contributed by atoms with van der Waals surface area (Å²) in [5.41, 5.74) is 0. The van der Waals surface area contributed by atoms with Crippen LogP contribution in [0.1, 0.15) is 123 Å². The predicted molar refractivity (Wildman–Crippen MR) is 231 cm³/mol. The monoisotopic (exact) mass is 924 g/mol. The molecule has 0 saturated carbocycles. The molecular weight excluding hydrogens is 842 g/mol. The van der Waals surface area contributed by atoms with E-state index in [0.29, 0.717) is 6.42 Å². The molecule has 19 nitrogen and oxygen atoms in total. The number of allylic oxidation sites excluding steroid dienone is 3. The van der Waals surface area contributed by atoms with Crippen LogP contribution in [-0.2, 0) is 33.2 Å². The van der Waals surface area contributed by atoms with Crippen molar-refractivity contribution < 1.29 is 89.4 Å². The Morgan fingerprint density at radius 3 is 1.52 bits per heavy atom. The molecule has 3 aliphatic rings. The highest BCUT2D eigenvalue weighted by molar-refractivity contribution is 5.76. The lowest BCUT2D eigenvalue weighted by molar-refractivity contribution is -0.379. The summed E-state index contributed by atoms with van der Waals surface area (Å²) >= 11 is 0. The van der Waals surface area contributed by atoms with Gasteiger partial charge in [0.25, 0.3) is 0 Å². The smallest absolute Gasteiger partial charge is 0.220 e. The summed E-state index contributed by atoms with van der Waals surface area (Å²) in [4.78, 5) is 13.1. The van der Waals surface area contributed by atoms with E-state index >= 15 is 0 Å². The van der Waals surface area contributed by atoms with E-state index in [1.807, 2.05) is 6.08 Å². The molecule has 0 aromatic carbocycles. The maximum Gasteiger partial charge on any atom is 0.220 e. The van der Waals surface area contributed by atoms with Crippen molar-refractivity contribution in [2.45, 2.75) is 227 Å². The fraction of sp³-hybridized carbons (Fsp3) is 0.889. The van der Waals surface area contributed by atoms with Crippen LogP contribution in [0, 0.1) is 0 Å². The summed E-state index contributed by atoms with van der Waals surface area (Å²) in [6.07, 6.45) is -1.84. The topological polar surface area (TPSA) is 307 Å². The van der Waals surface area contributed by atoms with Gasteiger partial charge in [-0.25, -0.2) is 0 Å². The molecule has 1 amide bonds. The number of carbonyl (C=O) groups excluding carboxylic acids is 1. The molecule has 12 N–H and O–H groups in total. The number of nitrogens with one attached hydrogen (secondary N) is 1. The Morgan fingerprint density at radius 2 is 0.984 bits per heavy atom. The van der Waals surface area contributed by atoms with Gasteiger partial charge in [0.1, 0.15) is 73.2 Å². The molecule has 0 aromatic heterocycles. The van der Waals surface area contributed by atoms with Crippen molar-refractivity contribution in [1.29, 1.82) is 0 Å². The van der Waals surface area contributed by atoms with Crippen LogP contribution in [0.25, 0.3) is 0 Å². The van der Waals surface area contributed by atoms with Gasteiger partial charge in [-0.3, -0.25) is 4.79 Å². The van der Waals surface area contributed by atoms with E-state index in [4.69, 9.17) is 28.4 Å². The van der Waals surface area contributed by atoms with Gasteiger partial charge in [-0.2, -0.15) is 0 Å². The second-order valence-electron chi connectivity index (χ2n) is 17.2. The lowest BCUT2D eigenvalue weighted by atomic mass is 9.96. The summed E-state index contributed by atoms with van der Waals surface area (Å²) in [5.74, 6) is -0.294. The molecular formula is C45H81NO18. The van der Waals surface area contributed by atoms with Crippen molar-refractivity contribution in [1.82, 2.24) is 5.32 Å². The number of rotatable bonds is 31. The maximum absolute atomic E-state index is 13.1. The van der Waals surface area contributed by atoms with Crippen LogP contribution in [0.15, 0.2) is 24.3 Å². The SMILES string of the molecule is CCCCCC/C=C\CCCCCCCC(=O)NC(COC1OC(CO)C(OC2OC(CO)C(OC3OC(CO)C(O)C(O)C3O)C(O)C2O)C(O)C1O)C(O)/C=C/CCCCCC. The van der Waals surface area contributed by atoms with E-state index < -0.39 is 124 Å². The van der Waals surface area contributed by atoms with Crippen molar-refractivity contribution in [3.8, 4) is 0 Å². The minimum absolute atomic E-state index is 0.232. The van der Waals surface area contributed by atoms with E-state index in [1.54, 1.807) is 6.08 Å². The van der Waals surface area contributed by atoms with Gasteiger partial charge < -0.3 is 89.9 Å². The van der Waals surface area contributed by atoms with Gasteiger partial charge in [-0.05, 0) is 44.9 Å². The highest BCUT2D eigenvalue weighted by Gasteiger charge is 2.53. The second kappa shape index (κ2) is 31.3. The van der Waals surface area contributed by atoms with E-state index in [0.717, 1.165) is 70.6 Å². The van der Waals surface area contributed by atoms with Gasteiger partial charge in [0.15, 0.2) is 18.9 Å². The number of aliphatic hydroxyl groups is 11. The van der Waals surface area contributed by atoms with Crippen molar-refractivity contribution in [2.75, 3.05) is 26.4 Å². The van der Waals surface area contributed by atoms with Gasteiger partial charge in [0.05, 0.1) is 38.6 Å². The minimum Gasteiger partial charge on any atom is -0.394 e. The van der Waals surface area contributed by atoms with Crippen molar-refractivity contribution in [3.63, 3.8) is 0 Å². The third-order valence-electron chi connectivity index (χ3n) is 12.0. The zero-order chi connectivity index (χ0) is 47.0. The molecule has 0 bridgehead atoms. The largest absolute Gasteiger partial charge is 0.394 e. The third kappa shape index (κ3) is 18.1. The number of hydrogen-bond donors (Lipinski definition) is 12. The number of unbranched alkanes of at least 4 members (excludes halogenated alkanes) is 13. The van der Waals surface area contributed by atoms with Crippen molar-refractivity contribution >= 4 is 5.91 Å². The van der Waals surface area contributed by atoms with Gasteiger partial charge in [-0.15, -0.1) is 0 Å². The quantitative estimate of drug-likeness (QED) is 0.0324. The molecule has 3 fully saturated rings. The number of carbonyl (C=O) groups is 1. The van der Waals surface area contributed by atoms with E-state index in [1.165, 1.54) is 25.7 Å². The molecule has 3 aliphatic heterocycles. The van der Waals surface area contributed by atoms with Crippen molar-refractivity contribution in [2.24, 2.45) is 0 Å². The van der Waals surface area contributed by atoms with Gasteiger partial charge in [-0.1, -0.05) is 95.9 Å². The highest BCUT2D eigenvalue weighted by Crippen LogP contribution is 2.33. The molecule has 17 unspecified atom stereocenters. The zero-order valence-corrected chi connectivity index (χ0v) is 37.8. The van der Waals surface area contributed by atoms with Crippen LogP contribution < -0.4 is 5.32 Å². The van der Waals surface area contributed by atoms with Gasteiger partial charge in [0, 0.05) is 6.42 Å². The Labute approximate surface area is 378 Å². The summed E-state index contributed by atoms with van der Waals surface area (Å²) in [6.45, 7) is 1.54. The molecule has 0 radical (unpaired) electrons. The number of hydrogen-bond acceptors (Lipinski definition) is 18. The van der Waals surface area contributed by atoms with E-state index in [-0.39, 0.29) is 18.9 Å². The fourth-order valence-corrected chi connectivity index (χ4v) is 7.95. The van der Waals surface area contributed by atoms with E-state index in [9.17, 15) is 61.0 Å². The van der Waals surface area contributed by atoms with Crippen LogP contribution in [0.2, 0.25) is 0 Å². The Hall–Kier alpha value is -1.73. The highest BCUT2D eigenvalue weighted by atomic mass is 16.8. The summed E-state index contributed by atoms with van der Waals surface area (Å²) in [7, 11) is 0. The maximum atomic E-state index is 13.1. The number of amides is 1. The summed E-state index contributed by atoms with van der Waals surface area (Å²) in [5, 5.41) is 119. The van der Waals surface area contributed by atoms with E-state index in [2.05, 4.69) is 31.3 Å². The van der Waals surface area contributed by atoms with Crippen LogP contribution in [0.3, 0.4) is 0 Å². The third-order valence-corrected chi connectivity index (χ3v) is 12.0.